The van der Waals surface area contributed by atoms with Gasteiger partial charge in [-0.25, -0.2) is 0 Å². The molecule has 0 saturated heterocycles. The first-order valence-electron chi connectivity index (χ1n) is 11.2. The van der Waals surface area contributed by atoms with Crippen LogP contribution in [0.5, 0.6) is 0 Å². The van der Waals surface area contributed by atoms with E-state index in [0.717, 1.165) is 47.8 Å². The summed E-state index contributed by atoms with van der Waals surface area (Å²) in [4.78, 5) is 12.0. The average Bonchev–Trinajstić information content (AvgIpc) is 2.97. The third-order valence-electron chi connectivity index (χ3n) is 9.52. The van der Waals surface area contributed by atoms with Gasteiger partial charge in [0.1, 0.15) is 0 Å². The van der Waals surface area contributed by atoms with E-state index in [9.17, 15) is 4.79 Å². The van der Waals surface area contributed by atoms with E-state index in [4.69, 9.17) is 0 Å². The van der Waals surface area contributed by atoms with Crippen LogP contribution >= 0.6 is 15.9 Å². The van der Waals surface area contributed by atoms with Gasteiger partial charge >= 0.3 is 0 Å². The zero-order chi connectivity index (χ0) is 18.5. The summed E-state index contributed by atoms with van der Waals surface area (Å²) in [6.45, 7) is 7.70. The van der Waals surface area contributed by atoms with E-state index < -0.39 is 0 Å². The van der Waals surface area contributed by atoms with Crippen molar-refractivity contribution in [2.45, 2.75) is 85.0 Å². The van der Waals surface area contributed by atoms with E-state index in [0.29, 0.717) is 16.6 Å². The molecule has 0 bridgehead atoms. The van der Waals surface area contributed by atoms with Crippen LogP contribution in [0.25, 0.3) is 0 Å². The molecule has 0 unspecified atom stereocenters. The predicted octanol–water partition coefficient (Wildman–Crippen LogP) is 6.95. The Morgan fingerprint density at radius 3 is 2.69 bits per heavy atom. The molecule has 4 aliphatic carbocycles. The molecule has 0 aliphatic heterocycles. The Morgan fingerprint density at radius 2 is 1.92 bits per heavy atom. The summed E-state index contributed by atoms with van der Waals surface area (Å²) in [6, 6.07) is 0. The molecule has 7 atom stereocenters. The van der Waals surface area contributed by atoms with Crippen molar-refractivity contribution in [3.05, 3.63) is 11.6 Å². The summed E-state index contributed by atoms with van der Waals surface area (Å²) < 4.78 is 0. The lowest BCUT2D eigenvalue weighted by molar-refractivity contribution is -0.117. The van der Waals surface area contributed by atoms with E-state index in [1.54, 1.807) is 0 Å². The third-order valence-corrected chi connectivity index (χ3v) is 10.1. The van der Waals surface area contributed by atoms with E-state index >= 15 is 0 Å². The monoisotopic (exact) mass is 420 g/mol. The van der Waals surface area contributed by atoms with Crippen molar-refractivity contribution < 1.29 is 4.79 Å². The second-order valence-electron chi connectivity index (χ2n) is 10.5. The lowest BCUT2D eigenvalue weighted by Gasteiger charge is -2.58. The van der Waals surface area contributed by atoms with Crippen LogP contribution in [0, 0.1) is 40.4 Å². The van der Waals surface area contributed by atoms with Crippen molar-refractivity contribution in [3.63, 3.8) is 0 Å². The predicted molar refractivity (Wildman–Crippen MR) is 112 cm³/mol. The van der Waals surface area contributed by atoms with Crippen molar-refractivity contribution in [1.29, 1.82) is 0 Å². The van der Waals surface area contributed by atoms with E-state index in [1.165, 1.54) is 56.9 Å². The second-order valence-corrected chi connectivity index (χ2v) is 11.3. The summed E-state index contributed by atoms with van der Waals surface area (Å²) in [5.74, 6) is 4.89. The Balaban J connectivity index is 1.56. The first-order chi connectivity index (χ1) is 12.4. The van der Waals surface area contributed by atoms with Gasteiger partial charge in [-0.2, -0.15) is 0 Å². The van der Waals surface area contributed by atoms with Gasteiger partial charge in [-0.15, -0.1) is 0 Å². The maximum atomic E-state index is 12.0. The second kappa shape index (κ2) is 7.05. The topological polar surface area (TPSA) is 17.1 Å². The quantitative estimate of drug-likeness (QED) is 0.449. The number of carbonyl (C=O) groups excluding carboxylic acids is 1. The molecule has 0 heterocycles. The summed E-state index contributed by atoms with van der Waals surface area (Å²) in [7, 11) is 0. The first kappa shape index (κ1) is 19.2. The minimum absolute atomic E-state index is 0.331. The molecule has 0 aromatic heterocycles. The van der Waals surface area contributed by atoms with Gasteiger partial charge in [0, 0.05) is 11.8 Å². The minimum Gasteiger partial charge on any atom is -0.295 e. The molecular weight excluding hydrogens is 384 g/mol. The van der Waals surface area contributed by atoms with Gasteiger partial charge in [0.2, 0.25) is 0 Å². The van der Waals surface area contributed by atoms with Crippen molar-refractivity contribution >= 4 is 21.7 Å². The van der Waals surface area contributed by atoms with Crippen molar-refractivity contribution in [2.75, 3.05) is 5.33 Å². The number of hydrogen-bond acceptors (Lipinski definition) is 1. The van der Waals surface area contributed by atoms with Crippen LogP contribution in [-0.2, 0) is 4.79 Å². The highest BCUT2D eigenvalue weighted by molar-refractivity contribution is 9.09. The van der Waals surface area contributed by atoms with Gasteiger partial charge < -0.3 is 0 Å². The Hall–Kier alpha value is -0.110. The number of carbonyl (C=O) groups is 1. The number of rotatable bonds is 4. The van der Waals surface area contributed by atoms with Gasteiger partial charge in [0.15, 0.2) is 5.78 Å². The van der Waals surface area contributed by atoms with E-state index in [2.05, 4.69) is 36.7 Å². The molecule has 2 heteroatoms. The van der Waals surface area contributed by atoms with Gasteiger partial charge in [0.25, 0.3) is 0 Å². The van der Waals surface area contributed by atoms with E-state index in [-0.39, 0.29) is 0 Å². The maximum Gasteiger partial charge on any atom is 0.155 e. The number of halogens is 1. The number of hydrogen-bond donors (Lipinski definition) is 0. The Labute approximate surface area is 168 Å². The van der Waals surface area contributed by atoms with Crippen LogP contribution in [-0.4, -0.2) is 11.1 Å². The fraction of sp³-hybridized carbons (Fsp3) is 0.875. The summed E-state index contributed by atoms with van der Waals surface area (Å²) in [6.07, 6.45) is 15.0. The zero-order valence-electron chi connectivity index (χ0n) is 17.0. The molecule has 3 fully saturated rings. The first-order valence-corrected chi connectivity index (χ1v) is 12.3. The van der Waals surface area contributed by atoms with E-state index in [1.807, 2.05) is 6.08 Å². The normalized spacial score (nSPS) is 46.2. The van der Waals surface area contributed by atoms with Gasteiger partial charge in [-0.05, 0) is 104 Å². The van der Waals surface area contributed by atoms with Crippen molar-refractivity contribution in [2.24, 2.45) is 40.4 Å². The lowest BCUT2D eigenvalue weighted by Crippen LogP contribution is -2.50. The van der Waals surface area contributed by atoms with Crippen LogP contribution in [0.3, 0.4) is 0 Å². The Kier molecular flexibility index (Phi) is 5.21. The van der Waals surface area contributed by atoms with Crippen LogP contribution in [0.4, 0.5) is 0 Å². The molecule has 0 amide bonds. The number of ketones is 1. The molecule has 4 aliphatic rings. The standard InChI is InChI=1S/C24H37BrO/c1-16(5-4-14-25)20-8-9-21-19-7-6-17-15-18(26)10-12-23(17,2)22(19)11-13-24(20,21)3/h15-16,19-22H,4-14H2,1-3H3/t16-,19+,20-,21+,22+,23+,24-/m1/s1. The highest BCUT2D eigenvalue weighted by Crippen LogP contribution is 2.67. The van der Waals surface area contributed by atoms with Gasteiger partial charge in [-0.3, -0.25) is 4.79 Å². The summed E-state index contributed by atoms with van der Waals surface area (Å²) in [5.41, 5.74) is 2.42. The Bertz CT molecular complexity index is 595. The average molecular weight is 421 g/mol. The molecule has 4 rings (SSSR count). The summed E-state index contributed by atoms with van der Waals surface area (Å²) in [5, 5.41) is 1.15. The zero-order valence-corrected chi connectivity index (χ0v) is 18.6. The number of fused-ring (bicyclic) bond motifs is 5. The van der Waals surface area contributed by atoms with Crippen LogP contribution in [0.2, 0.25) is 0 Å². The van der Waals surface area contributed by atoms with Crippen molar-refractivity contribution in [3.8, 4) is 0 Å². The Morgan fingerprint density at radius 1 is 1.12 bits per heavy atom. The smallest absolute Gasteiger partial charge is 0.155 e. The third kappa shape index (κ3) is 2.88. The van der Waals surface area contributed by atoms with Gasteiger partial charge in [0.05, 0.1) is 0 Å². The molecule has 26 heavy (non-hydrogen) atoms. The SMILES string of the molecule is C[C@H](CCCBr)[C@H]1CC[C@H]2[C@@H]3CCC4=CC(=O)CC[C@]4(C)[C@H]3CC[C@]12C. The molecule has 0 spiro atoms. The fourth-order valence-electron chi connectivity index (χ4n) is 8.13. The molecule has 0 N–H and O–H groups in total. The van der Waals surface area contributed by atoms with Crippen LogP contribution < -0.4 is 0 Å². The molecule has 3 saturated carbocycles. The largest absolute Gasteiger partial charge is 0.295 e. The highest BCUT2D eigenvalue weighted by atomic mass is 79.9. The van der Waals surface area contributed by atoms with Crippen molar-refractivity contribution in [1.82, 2.24) is 0 Å². The molecular formula is C24H37BrO. The van der Waals surface area contributed by atoms with Crippen LogP contribution in [0.1, 0.15) is 85.0 Å². The van der Waals surface area contributed by atoms with Crippen LogP contribution in [0.15, 0.2) is 11.6 Å². The molecule has 0 aromatic carbocycles. The minimum atomic E-state index is 0.331. The molecule has 0 aromatic rings. The van der Waals surface area contributed by atoms with Gasteiger partial charge in [-0.1, -0.05) is 42.3 Å². The number of allylic oxidation sites excluding steroid dienone is 1. The number of alkyl halides is 1. The maximum absolute atomic E-state index is 12.0. The molecule has 0 radical (unpaired) electrons. The molecule has 1 nitrogen and oxygen atoms in total. The summed E-state index contributed by atoms with van der Waals surface area (Å²) >= 11 is 3.63. The molecule has 146 valence electrons. The lowest BCUT2D eigenvalue weighted by atomic mass is 9.46. The highest BCUT2D eigenvalue weighted by Gasteiger charge is 2.59. The fourth-order valence-corrected chi connectivity index (χ4v) is 8.46.